The molecule has 0 spiro atoms. The molecule has 2 fully saturated rings. The molecule has 0 aliphatic carbocycles. The molecule has 120 valence electrons. The smallest absolute Gasteiger partial charge is 0.231 e. The number of halogens is 1. The fraction of sp³-hybridized carbons (Fsp3) is 0.611. The van der Waals surface area contributed by atoms with Crippen molar-refractivity contribution in [2.45, 2.75) is 38.6 Å². The number of hydrogen-bond donors (Lipinski definition) is 1. The second kappa shape index (κ2) is 7.23. The first kappa shape index (κ1) is 15.5. The summed E-state index contributed by atoms with van der Waals surface area (Å²) >= 11 is 0. The van der Waals surface area contributed by atoms with Gasteiger partial charge in [0.2, 0.25) is 5.91 Å². The zero-order chi connectivity index (χ0) is 15.4. The predicted octanol–water partition coefficient (Wildman–Crippen LogP) is 1.63. The highest BCUT2D eigenvalue weighted by Gasteiger charge is 2.32. The first-order chi connectivity index (χ1) is 10.7. The van der Waals surface area contributed by atoms with Gasteiger partial charge in [-0.15, -0.1) is 0 Å². The third-order valence-electron chi connectivity index (χ3n) is 5.00. The zero-order valence-electron chi connectivity index (χ0n) is 13.2. The van der Waals surface area contributed by atoms with Gasteiger partial charge in [-0.25, -0.2) is 4.39 Å². The van der Waals surface area contributed by atoms with E-state index in [0.717, 1.165) is 64.0 Å². The largest absolute Gasteiger partial charge is 0.342 e. The van der Waals surface area contributed by atoms with Gasteiger partial charge in [0.05, 0.1) is 19.0 Å². The Labute approximate surface area is 132 Å². The van der Waals surface area contributed by atoms with Gasteiger partial charge in [0.1, 0.15) is 12.4 Å². The number of nitrogens with one attached hydrogen (secondary N) is 1. The fourth-order valence-corrected chi connectivity index (χ4v) is 3.79. The van der Waals surface area contributed by atoms with Gasteiger partial charge in [-0.3, -0.25) is 4.79 Å². The minimum Gasteiger partial charge on any atom is -0.342 e. The van der Waals surface area contributed by atoms with Crippen LogP contribution in [0.5, 0.6) is 0 Å². The van der Waals surface area contributed by atoms with Gasteiger partial charge in [-0.05, 0) is 44.2 Å². The molecule has 3 nitrogen and oxygen atoms in total. The minimum absolute atomic E-state index is 0.183. The van der Waals surface area contributed by atoms with Crippen molar-refractivity contribution in [3.8, 4) is 0 Å². The monoisotopic (exact) mass is 305 g/mol. The van der Waals surface area contributed by atoms with Crippen molar-refractivity contribution < 1.29 is 14.1 Å². The second-order valence-corrected chi connectivity index (χ2v) is 6.73. The molecular formula is C18H26FN2O+. The van der Waals surface area contributed by atoms with Crippen molar-refractivity contribution in [1.82, 2.24) is 4.90 Å². The van der Waals surface area contributed by atoms with Gasteiger partial charge in [-0.2, -0.15) is 0 Å². The number of likely N-dealkylation sites (tertiary alicyclic amines) is 2. The van der Waals surface area contributed by atoms with Crippen LogP contribution in [0.1, 0.15) is 37.7 Å². The maximum absolute atomic E-state index is 13.0. The molecule has 1 N–H and O–H groups in total. The lowest BCUT2D eigenvalue weighted by atomic mass is 9.95. The molecule has 0 radical (unpaired) electrons. The number of benzene rings is 1. The van der Waals surface area contributed by atoms with Crippen molar-refractivity contribution in [3.05, 3.63) is 35.6 Å². The van der Waals surface area contributed by atoms with Gasteiger partial charge < -0.3 is 9.80 Å². The number of piperidine rings is 2. The maximum atomic E-state index is 13.0. The first-order valence-corrected chi connectivity index (χ1v) is 8.59. The quantitative estimate of drug-likeness (QED) is 0.902. The number of amides is 1. The van der Waals surface area contributed by atoms with E-state index in [2.05, 4.69) is 4.90 Å². The van der Waals surface area contributed by atoms with Gasteiger partial charge in [-0.1, -0.05) is 12.1 Å². The summed E-state index contributed by atoms with van der Waals surface area (Å²) in [6.45, 7) is 4.82. The van der Waals surface area contributed by atoms with Crippen molar-refractivity contribution in [3.63, 3.8) is 0 Å². The Morgan fingerprint density at radius 2 is 1.86 bits per heavy atom. The van der Waals surface area contributed by atoms with E-state index in [0.29, 0.717) is 5.91 Å². The summed E-state index contributed by atoms with van der Waals surface area (Å²) in [6.07, 6.45) is 5.72. The van der Waals surface area contributed by atoms with Crippen LogP contribution in [0.2, 0.25) is 0 Å². The Hall–Kier alpha value is -1.42. The number of carbonyl (C=O) groups excluding carboxylic acids is 1. The van der Waals surface area contributed by atoms with E-state index in [1.807, 2.05) is 12.1 Å². The van der Waals surface area contributed by atoms with Crippen LogP contribution in [0.25, 0.3) is 0 Å². The van der Waals surface area contributed by atoms with Crippen LogP contribution in [0.4, 0.5) is 4.39 Å². The molecule has 1 aromatic carbocycles. The Balaban J connectivity index is 1.56. The molecule has 0 bridgehead atoms. The normalized spacial score (nSPS) is 26.0. The fourth-order valence-electron chi connectivity index (χ4n) is 3.79. The highest BCUT2D eigenvalue weighted by atomic mass is 19.1. The SMILES string of the molecule is O=C([C@H]1CCC[NH+](Cc2ccc(F)cc2)C1)N1CCCCC1. The van der Waals surface area contributed by atoms with Crippen molar-refractivity contribution in [1.29, 1.82) is 0 Å². The second-order valence-electron chi connectivity index (χ2n) is 6.73. The predicted molar refractivity (Wildman–Crippen MR) is 84.0 cm³/mol. The summed E-state index contributed by atoms with van der Waals surface area (Å²) in [5.41, 5.74) is 1.16. The van der Waals surface area contributed by atoms with Crippen LogP contribution >= 0.6 is 0 Å². The van der Waals surface area contributed by atoms with E-state index in [9.17, 15) is 9.18 Å². The summed E-state index contributed by atoms with van der Waals surface area (Å²) in [4.78, 5) is 16.2. The molecule has 2 aliphatic rings. The van der Waals surface area contributed by atoms with Gasteiger partial charge in [0.15, 0.2) is 0 Å². The third kappa shape index (κ3) is 3.86. The molecule has 1 aromatic rings. The Kier molecular flexibility index (Phi) is 5.08. The van der Waals surface area contributed by atoms with E-state index >= 15 is 0 Å². The summed E-state index contributed by atoms with van der Waals surface area (Å²) < 4.78 is 13.0. The Morgan fingerprint density at radius 3 is 2.59 bits per heavy atom. The number of nitrogens with zero attached hydrogens (tertiary/aromatic N) is 1. The van der Waals surface area contributed by atoms with Gasteiger partial charge in [0, 0.05) is 18.7 Å². The van der Waals surface area contributed by atoms with Crippen LogP contribution in [0.3, 0.4) is 0 Å². The maximum Gasteiger partial charge on any atom is 0.231 e. The molecular weight excluding hydrogens is 279 g/mol. The highest BCUT2D eigenvalue weighted by molar-refractivity contribution is 5.79. The van der Waals surface area contributed by atoms with Gasteiger partial charge >= 0.3 is 0 Å². The standard InChI is InChI=1S/C18H25FN2O/c19-17-8-6-15(7-9-17)13-20-10-4-5-16(14-20)18(22)21-11-2-1-3-12-21/h6-9,16H,1-5,10-14H2/p+1/t16-/m0/s1. The van der Waals surface area contributed by atoms with Crippen molar-refractivity contribution in [2.24, 2.45) is 5.92 Å². The molecule has 0 aromatic heterocycles. The number of rotatable bonds is 3. The summed E-state index contributed by atoms with van der Waals surface area (Å²) in [7, 11) is 0. The molecule has 3 rings (SSSR count). The van der Waals surface area contributed by atoms with Gasteiger partial charge in [0.25, 0.3) is 0 Å². The number of carbonyl (C=O) groups is 1. The summed E-state index contributed by atoms with van der Waals surface area (Å²) in [5.74, 6) is 0.369. The average Bonchev–Trinajstić information content (AvgIpc) is 2.57. The lowest BCUT2D eigenvalue weighted by Gasteiger charge is -2.34. The van der Waals surface area contributed by atoms with Crippen LogP contribution < -0.4 is 4.90 Å². The van der Waals surface area contributed by atoms with E-state index in [4.69, 9.17) is 0 Å². The molecule has 1 amide bonds. The molecule has 2 saturated heterocycles. The summed E-state index contributed by atoms with van der Waals surface area (Å²) in [5, 5.41) is 0. The Bertz CT molecular complexity index is 496. The number of quaternary nitrogens is 1. The molecule has 2 aliphatic heterocycles. The van der Waals surface area contributed by atoms with E-state index in [1.54, 1.807) is 0 Å². The first-order valence-electron chi connectivity index (χ1n) is 8.59. The molecule has 2 atom stereocenters. The molecule has 4 heteroatoms. The molecule has 22 heavy (non-hydrogen) atoms. The van der Waals surface area contributed by atoms with E-state index in [-0.39, 0.29) is 11.7 Å². The lowest BCUT2D eigenvalue weighted by molar-refractivity contribution is -0.921. The van der Waals surface area contributed by atoms with E-state index in [1.165, 1.54) is 23.5 Å². The van der Waals surface area contributed by atoms with Crippen LogP contribution in [0, 0.1) is 11.7 Å². The van der Waals surface area contributed by atoms with Crippen molar-refractivity contribution >= 4 is 5.91 Å². The van der Waals surface area contributed by atoms with Crippen LogP contribution in [-0.2, 0) is 11.3 Å². The molecule has 0 saturated carbocycles. The lowest BCUT2D eigenvalue weighted by Crippen LogP contribution is -3.12. The van der Waals surface area contributed by atoms with E-state index < -0.39 is 0 Å². The number of hydrogen-bond acceptors (Lipinski definition) is 1. The topological polar surface area (TPSA) is 24.8 Å². The summed E-state index contributed by atoms with van der Waals surface area (Å²) in [6, 6.07) is 6.76. The van der Waals surface area contributed by atoms with Crippen LogP contribution in [-0.4, -0.2) is 37.0 Å². The Morgan fingerprint density at radius 1 is 1.14 bits per heavy atom. The molecule has 2 heterocycles. The molecule has 1 unspecified atom stereocenters. The van der Waals surface area contributed by atoms with Crippen molar-refractivity contribution in [2.75, 3.05) is 26.2 Å². The third-order valence-corrected chi connectivity index (χ3v) is 5.00. The average molecular weight is 305 g/mol. The zero-order valence-corrected chi connectivity index (χ0v) is 13.2. The van der Waals surface area contributed by atoms with Crippen LogP contribution in [0.15, 0.2) is 24.3 Å². The highest BCUT2D eigenvalue weighted by Crippen LogP contribution is 2.16. The minimum atomic E-state index is -0.185.